The minimum absolute atomic E-state index is 0.0126. The van der Waals surface area contributed by atoms with Gasteiger partial charge in [-0.05, 0) is 73.7 Å². The number of piperidine rings is 1. The number of nitrogens with one attached hydrogen (secondary N) is 1. The molecule has 4 heteroatoms. The number of likely N-dealkylation sites (tertiary alicyclic amines) is 1. The smallest absolute Gasteiger partial charge is 0.251 e. The van der Waals surface area contributed by atoms with E-state index in [0.717, 1.165) is 29.8 Å². The molecule has 1 heterocycles. The topological polar surface area (TPSA) is 41.6 Å². The Hall–Kier alpha value is -2.33. The van der Waals surface area contributed by atoms with Gasteiger partial charge in [0.05, 0.1) is 13.2 Å². The Morgan fingerprint density at radius 2 is 1.66 bits per heavy atom. The van der Waals surface area contributed by atoms with E-state index in [1.165, 1.54) is 37.9 Å². The molecule has 1 N–H and O–H groups in total. The van der Waals surface area contributed by atoms with Gasteiger partial charge in [-0.3, -0.25) is 9.69 Å². The third-order valence-electron chi connectivity index (χ3n) is 5.60. The molecule has 1 amide bonds. The molecule has 1 unspecified atom stereocenters. The Labute approximate surface area is 175 Å². The largest absolute Gasteiger partial charge is 0.497 e. The van der Waals surface area contributed by atoms with Gasteiger partial charge >= 0.3 is 0 Å². The van der Waals surface area contributed by atoms with Gasteiger partial charge < -0.3 is 10.1 Å². The second-order valence-electron chi connectivity index (χ2n) is 8.46. The first-order valence-corrected chi connectivity index (χ1v) is 10.8. The second kappa shape index (κ2) is 10.4. The van der Waals surface area contributed by atoms with Crippen molar-refractivity contribution in [2.75, 3.05) is 20.2 Å². The van der Waals surface area contributed by atoms with Gasteiger partial charge in [-0.25, -0.2) is 0 Å². The zero-order chi connectivity index (χ0) is 20.6. The maximum absolute atomic E-state index is 12.9. The molecule has 2 aromatic rings. The van der Waals surface area contributed by atoms with Gasteiger partial charge in [0.25, 0.3) is 5.91 Å². The fourth-order valence-corrected chi connectivity index (χ4v) is 3.96. The Morgan fingerprint density at radius 3 is 2.24 bits per heavy atom. The van der Waals surface area contributed by atoms with Crippen LogP contribution in [0.15, 0.2) is 48.5 Å². The van der Waals surface area contributed by atoms with E-state index in [2.05, 4.69) is 36.2 Å². The number of methoxy groups -OCH3 is 1. The highest BCUT2D eigenvalue weighted by atomic mass is 16.5. The van der Waals surface area contributed by atoms with E-state index in [1.807, 2.05) is 36.4 Å². The van der Waals surface area contributed by atoms with E-state index >= 15 is 0 Å². The normalized spacial score (nSPS) is 15.9. The predicted molar refractivity (Wildman–Crippen MR) is 118 cm³/mol. The minimum atomic E-state index is -0.0176. The van der Waals surface area contributed by atoms with Gasteiger partial charge in [-0.1, -0.05) is 44.5 Å². The Morgan fingerprint density at radius 1 is 1.00 bits per heavy atom. The predicted octanol–water partition coefficient (Wildman–Crippen LogP) is 5.20. The summed E-state index contributed by atoms with van der Waals surface area (Å²) in [6.45, 7) is 7.70. The van der Waals surface area contributed by atoms with Crippen LogP contribution in [0.25, 0.3) is 0 Å². The summed E-state index contributed by atoms with van der Waals surface area (Å²) >= 11 is 0. The molecule has 4 nitrogen and oxygen atoms in total. The summed E-state index contributed by atoms with van der Waals surface area (Å²) in [7, 11) is 1.66. The Kier molecular flexibility index (Phi) is 7.70. The van der Waals surface area contributed by atoms with Gasteiger partial charge in [0, 0.05) is 12.1 Å². The summed E-state index contributed by atoms with van der Waals surface area (Å²) in [5.74, 6) is 1.29. The molecule has 0 aromatic heterocycles. The summed E-state index contributed by atoms with van der Waals surface area (Å²) in [5.41, 5.74) is 3.10. The van der Waals surface area contributed by atoms with E-state index in [0.29, 0.717) is 5.92 Å². The van der Waals surface area contributed by atoms with Crippen molar-refractivity contribution in [3.63, 3.8) is 0 Å². The average molecular weight is 395 g/mol. The van der Waals surface area contributed by atoms with Gasteiger partial charge in [-0.15, -0.1) is 0 Å². The summed E-state index contributed by atoms with van der Waals surface area (Å²) in [6.07, 6.45) is 4.83. The fraction of sp³-hybridized carbons (Fsp3) is 0.480. The molecular weight excluding hydrogens is 360 g/mol. The molecule has 1 aliphatic rings. The zero-order valence-electron chi connectivity index (χ0n) is 18.0. The minimum Gasteiger partial charge on any atom is -0.497 e. The highest BCUT2D eigenvalue weighted by Gasteiger charge is 2.18. The lowest BCUT2D eigenvalue weighted by molar-refractivity contribution is 0.0932. The molecule has 156 valence electrons. The lowest BCUT2D eigenvalue weighted by Gasteiger charge is -2.26. The fourth-order valence-electron chi connectivity index (χ4n) is 3.96. The first-order valence-electron chi connectivity index (χ1n) is 10.8. The third kappa shape index (κ3) is 6.33. The van der Waals surface area contributed by atoms with Gasteiger partial charge in [0.15, 0.2) is 0 Å². The molecule has 0 aliphatic carbocycles. The standard InChI is InChI=1S/C25H34N2O2/c1-19(2)17-24(21-11-13-23(29-3)14-12-21)26-25(28)22-9-7-20(8-10-22)18-27-15-5-4-6-16-27/h7-14,19,24H,4-6,15-18H2,1-3H3,(H,26,28). The number of amides is 1. The number of nitrogens with zero attached hydrogens (tertiary/aromatic N) is 1. The molecule has 1 saturated heterocycles. The van der Waals surface area contributed by atoms with Gasteiger partial charge in [0.2, 0.25) is 0 Å². The number of carbonyl (C=O) groups is 1. The second-order valence-corrected chi connectivity index (χ2v) is 8.46. The number of rotatable bonds is 8. The van der Waals surface area contributed by atoms with Crippen molar-refractivity contribution in [2.24, 2.45) is 5.92 Å². The molecule has 3 rings (SSSR count). The van der Waals surface area contributed by atoms with Crippen molar-refractivity contribution < 1.29 is 9.53 Å². The van der Waals surface area contributed by atoms with Crippen LogP contribution in [0.1, 0.15) is 67.1 Å². The van der Waals surface area contributed by atoms with Crippen molar-refractivity contribution in [1.82, 2.24) is 10.2 Å². The van der Waals surface area contributed by atoms with Gasteiger partial charge in [-0.2, -0.15) is 0 Å². The Balaban J connectivity index is 1.64. The number of hydrogen-bond donors (Lipinski definition) is 1. The van der Waals surface area contributed by atoms with Crippen LogP contribution in [-0.2, 0) is 6.54 Å². The molecule has 0 radical (unpaired) electrons. The molecule has 29 heavy (non-hydrogen) atoms. The monoisotopic (exact) mass is 394 g/mol. The van der Waals surface area contributed by atoms with E-state index in [1.54, 1.807) is 7.11 Å². The SMILES string of the molecule is COc1ccc(C(CC(C)C)NC(=O)c2ccc(CN3CCCCC3)cc2)cc1. The lowest BCUT2D eigenvalue weighted by atomic mass is 9.96. The molecule has 0 bridgehead atoms. The first-order chi connectivity index (χ1) is 14.0. The van der Waals surface area contributed by atoms with Crippen molar-refractivity contribution >= 4 is 5.91 Å². The van der Waals surface area contributed by atoms with Crippen LogP contribution in [0.5, 0.6) is 5.75 Å². The maximum atomic E-state index is 12.9. The third-order valence-corrected chi connectivity index (χ3v) is 5.60. The zero-order valence-corrected chi connectivity index (χ0v) is 18.0. The first kappa shape index (κ1) is 21.4. The number of hydrogen-bond acceptors (Lipinski definition) is 3. The molecule has 2 aromatic carbocycles. The number of benzene rings is 2. The van der Waals surface area contributed by atoms with Crippen LogP contribution in [0.4, 0.5) is 0 Å². The highest BCUT2D eigenvalue weighted by molar-refractivity contribution is 5.94. The summed E-state index contributed by atoms with van der Waals surface area (Å²) in [6, 6.07) is 16.0. The molecular formula is C25H34N2O2. The van der Waals surface area contributed by atoms with Crippen LogP contribution in [0.2, 0.25) is 0 Å². The van der Waals surface area contributed by atoms with E-state index in [9.17, 15) is 4.79 Å². The van der Waals surface area contributed by atoms with Crippen molar-refractivity contribution in [3.05, 3.63) is 65.2 Å². The molecule has 0 spiro atoms. The highest BCUT2D eigenvalue weighted by Crippen LogP contribution is 2.24. The maximum Gasteiger partial charge on any atom is 0.251 e. The van der Waals surface area contributed by atoms with Crippen LogP contribution < -0.4 is 10.1 Å². The number of carbonyl (C=O) groups excluding carboxylic acids is 1. The lowest BCUT2D eigenvalue weighted by Crippen LogP contribution is -2.30. The summed E-state index contributed by atoms with van der Waals surface area (Å²) in [5, 5.41) is 3.23. The molecule has 0 saturated carbocycles. The van der Waals surface area contributed by atoms with Crippen molar-refractivity contribution in [2.45, 2.75) is 52.1 Å². The summed E-state index contributed by atoms with van der Waals surface area (Å²) in [4.78, 5) is 15.4. The van der Waals surface area contributed by atoms with E-state index in [-0.39, 0.29) is 11.9 Å². The number of ether oxygens (including phenoxy) is 1. The average Bonchev–Trinajstić information content (AvgIpc) is 2.74. The van der Waals surface area contributed by atoms with Gasteiger partial charge in [0.1, 0.15) is 5.75 Å². The quantitative estimate of drug-likeness (QED) is 0.669. The van der Waals surface area contributed by atoms with E-state index < -0.39 is 0 Å². The summed E-state index contributed by atoms with van der Waals surface area (Å²) < 4.78 is 5.26. The van der Waals surface area contributed by atoms with Crippen molar-refractivity contribution in [1.29, 1.82) is 0 Å². The molecule has 1 atom stereocenters. The van der Waals surface area contributed by atoms with Crippen LogP contribution >= 0.6 is 0 Å². The molecule has 1 aliphatic heterocycles. The Bertz CT molecular complexity index is 762. The molecule has 1 fully saturated rings. The van der Waals surface area contributed by atoms with E-state index in [4.69, 9.17) is 4.74 Å². The van der Waals surface area contributed by atoms with Crippen molar-refractivity contribution in [3.8, 4) is 5.75 Å². The van der Waals surface area contributed by atoms with Crippen LogP contribution in [0, 0.1) is 5.92 Å². The van der Waals surface area contributed by atoms with Crippen LogP contribution in [0.3, 0.4) is 0 Å². The van der Waals surface area contributed by atoms with Crippen LogP contribution in [-0.4, -0.2) is 31.0 Å².